The van der Waals surface area contributed by atoms with E-state index in [0.29, 0.717) is 23.9 Å². The van der Waals surface area contributed by atoms with Crippen molar-refractivity contribution < 1.29 is 42.1 Å². The minimum Gasteiger partial charge on any atom is -0.462 e. The average Bonchev–Trinajstić information content (AvgIpc) is 3.30. The molecule has 0 aromatic carbocycles. The Bertz CT molecular complexity index is 1560. The highest BCUT2D eigenvalue weighted by atomic mass is 31.2. The first kappa shape index (κ1) is 64.4. The van der Waals surface area contributed by atoms with Crippen molar-refractivity contribution in [2.24, 2.45) is 0 Å². The monoisotopic (exact) mass is 967 g/mol. The van der Waals surface area contributed by atoms with Crippen LogP contribution in [0.4, 0.5) is 0 Å². The molecular formula is C58H97NO8P+. The van der Waals surface area contributed by atoms with Crippen LogP contribution >= 0.6 is 7.82 Å². The third-order valence-corrected chi connectivity index (χ3v) is 11.5. The number of carbonyl (C=O) groups excluding carboxylic acids is 2. The number of nitrogens with zero attached hydrogens (tertiary/aromatic N) is 1. The van der Waals surface area contributed by atoms with Gasteiger partial charge in [-0.2, -0.15) is 0 Å². The molecule has 386 valence electrons. The molecule has 9 nitrogen and oxygen atoms in total. The van der Waals surface area contributed by atoms with Crippen molar-refractivity contribution >= 4 is 19.8 Å². The van der Waals surface area contributed by atoms with Crippen LogP contribution in [0.25, 0.3) is 0 Å². The first-order valence-corrected chi connectivity index (χ1v) is 27.8. The van der Waals surface area contributed by atoms with E-state index in [2.05, 4.69) is 123 Å². The topological polar surface area (TPSA) is 108 Å². The van der Waals surface area contributed by atoms with Gasteiger partial charge in [0.25, 0.3) is 0 Å². The minimum atomic E-state index is -4.40. The number of phosphoric acid groups is 1. The highest BCUT2D eigenvalue weighted by Crippen LogP contribution is 2.43. The van der Waals surface area contributed by atoms with E-state index in [-0.39, 0.29) is 26.1 Å². The number of hydrogen-bond donors (Lipinski definition) is 1. The standard InChI is InChI=1S/C58H96NO8P/c1-6-8-10-12-14-16-18-20-21-22-23-24-25-26-27-28-29-30-31-32-33-34-35-36-37-39-41-43-45-47-49-51-58(61)67-56(55-66-68(62,63)65-53-52-59(3,4)5)54-64-57(60)50-48-46-44-42-40-38-19-17-15-13-11-9-7-2/h8-11,14-17,20-21,23-24,26-27,29-30,38,40,44,46,56H,6-7,12-13,18-19,22,25,28,31-37,39,41-43,45,47-55H2,1-5H3/p+1/b10-8-,11-9-,16-14-,17-15-,21-20-,24-23-,27-26-,30-29-,40-38-,46-44-. The average molecular weight is 967 g/mol. The van der Waals surface area contributed by atoms with Gasteiger partial charge in [-0.15, -0.1) is 0 Å². The van der Waals surface area contributed by atoms with Gasteiger partial charge in [-0.05, 0) is 89.9 Å². The van der Waals surface area contributed by atoms with Crippen molar-refractivity contribution in [3.63, 3.8) is 0 Å². The molecule has 0 radical (unpaired) electrons. The maximum absolute atomic E-state index is 12.8. The van der Waals surface area contributed by atoms with Crippen LogP contribution in [0, 0.1) is 0 Å². The Balaban J connectivity index is 4.20. The Morgan fingerprint density at radius 2 is 0.824 bits per heavy atom. The lowest BCUT2D eigenvalue weighted by molar-refractivity contribution is -0.870. The van der Waals surface area contributed by atoms with Crippen molar-refractivity contribution in [1.29, 1.82) is 0 Å². The van der Waals surface area contributed by atoms with Gasteiger partial charge in [-0.25, -0.2) is 4.57 Å². The molecule has 0 aromatic heterocycles. The van der Waals surface area contributed by atoms with E-state index in [4.69, 9.17) is 18.5 Å². The Kier molecular flexibility index (Phi) is 45.9. The largest absolute Gasteiger partial charge is 0.472 e. The first-order chi connectivity index (χ1) is 33.0. The Labute approximate surface area is 416 Å². The Morgan fingerprint density at radius 1 is 0.456 bits per heavy atom. The fourth-order valence-electron chi connectivity index (χ4n) is 6.50. The van der Waals surface area contributed by atoms with Crippen molar-refractivity contribution in [2.45, 2.75) is 187 Å². The normalized spacial score (nSPS) is 14.4. The number of quaternary nitrogens is 1. The zero-order chi connectivity index (χ0) is 49.9. The maximum Gasteiger partial charge on any atom is 0.472 e. The zero-order valence-corrected chi connectivity index (χ0v) is 44.4. The fraction of sp³-hybridized carbons (Fsp3) is 0.621. The smallest absolute Gasteiger partial charge is 0.462 e. The molecule has 0 aromatic rings. The molecular weight excluding hydrogens is 870 g/mol. The van der Waals surface area contributed by atoms with Gasteiger partial charge >= 0.3 is 19.8 Å². The summed E-state index contributed by atoms with van der Waals surface area (Å²) in [5, 5.41) is 0. The molecule has 1 N–H and O–H groups in total. The van der Waals surface area contributed by atoms with Gasteiger partial charge < -0.3 is 18.9 Å². The molecule has 0 aliphatic carbocycles. The van der Waals surface area contributed by atoms with Gasteiger partial charge in [0.2, 0.25) is 0 Å². The van der Waals surface area contributed by atoms with Crippen LogP contribution in [0.5, 0.6) is 0 Å². The summed E-state index contributed by atoms with van der Waals surface area (Å²) in [6.45, 7) is 4.09. The molecule has 2 unspecified atom stereocenters. The molecule has 10 heteroatoms. The van der Waals surface area contributed by atoms with E-state index < -0.39 is 32.5 Å². The summed E-state index contributed by atoms with van der Waals surface area (Å²) < 4.78 is 34.3. The summed E-state index contributed by atoms with van der Waals surface area (Å²) in [4.78, 5) is 35.5. The molecule has 0 amide bonds. The molecule has 0 aliphatic heterocycles. The SMILES string of the molecule is CC/C=C\C/C=C\C/C=C\C/C=C\C/C=C\C/C=C\CCCCCCCCCCCCCCC(=O)OC(COC(=O)CC/C=C\C/C=C\C/C=C\C/C=C\CC)COP(=O)(O)OCC[N+](C)(C)C. The van der Waals surface area contributed by atoms with Gasteiger partial charge in [0, 0.05) is 12.8 Å². The summed E-state index contributed by atoms with van der Waals surface area (Å²) >= 11 is 0. The molecule has 68 heavy (non-hydrogen) atoms. The van der Waals surface area contributed by atoms with Gasteiger partial charge in [0.1, 0.15) is 19.8 Å². The molecule has 0 rings (SSSR count). The summed E-state index contributed by atoms with van der Waals surface area (Å²) in [6, 6.07) is 0. The lowest BCUT2D eigenvalue weighted by atomic mass is 10.0. The second-order valence-electron chi connectivity index (χ2n) is 18.1. The van der Waals surface area contributed by atoms with Crippen LogP contribution in [0.2, 0.25) is 0 Å². The van der Waals surface area contributed by atoms with Gasteiger partial charge in [0.05, 0.1) is 27.7 Å². The third-order valence-electron chi connectivity index (χ3n) is 10.5. The number of phosphoric ester groups is 1. The van der Waals surface area contributed by atoms with Crippen LogP contribution in [-0.2, 0) is 32.7 Å². The minimum absolute atomic E-state index is 0.0147. The van der Waals surface area contributed by atoms with Gasteiger partial charge in [-0.3, -0.25) is 18.6 Å². The number of ether oxygens (including phenoxy) is 2. The molecule has 0 bridgehead atoms. The highest BCUT2D eigenvalue weighted by Gasteiger charge is 2.27. The Morgan fingerprint density at radius 3 is 1.24 bits per heavy atom. The molecule has 0 heterocycles. The molecule has 2 atom stereocenters. The quantitative estimate of drug-likeness (QED) is 0.0211. The van der Waals surface area contributed by atoms with E-state index in [1.165, 1.54) is 57.8 Å². The van der Waals surface area contributed by atoms with Gasteiger partial charge in [-0.1, -0.05) is 200 Å². The second kappa shape index (κ2) is 48.4. The maximum atomic E-state index is 12.8. The first-order valence-electron chi connectivity index (χ1n) is 26.3. The molecule has 0 spiro atoms. The molecule has 0 saturated heterocycles. The van der Waals surface area contributed by atoms with Crippen LogP contribution in [-0.4, -0.2) is 74.9 Å². The summed E-state index contributed by atoms with van der Waals surface area (Å²) in [5.41, 5.74) is 0. The number of rotatable bonds is 46. The Hall–Kier alpha value is -3.59. The second-order valence-corrected chi connectivity index (χ2v) is 19.6. The van der Waals surface area contributed by atoms with Crippen molar-refractivity contribution in [2.75, 3.05) is 47.5 Å². The van der Waals surface area contributed by atoms with E-state index >= 15 is 0 Å². The van der Waals surface area contributed by atoms with Crippen LogP contribution in [0.1, 0.15) is 181 Å². The number of allylic oxidation sites excluding steroid dienone is 20. The highest BCUT2D eigenvalue weighted by molar-refractivity contribution is 7.47. The lowest BCUT2D eigenvalue weighted by Gasteiger charge is -2.24. The van der Waals surface area contributed by atoms with E-state index in [0.717, 1.165) is 83.5 Å². The third kappa shape index (κ3) is 51.8. The van der Waals surface area contributed by atoms with E-state index in [1.807, 2.05) is 33.3 Å². The predicted octanol–water partition coefficient (Wildman–Crippen LogP) is 16.0. The van der Waals surface area contributed by atoms with Gasteiger partial charge in [0.15, 0.2) is 6.10 Å². The number of likely N-dealkylation sites (N-methyl/N-ethyl adjacent to an activating group) is 1. The molecule has 0 fully saturated rings. The number of carbonyl (C=O) groups is 2. The number of esters is 2. The summed E-state index contributed by atoms with van der Waals surface area (Å²) in [7, 11) is 1.42. The number of hydrogen-bond acceptors (Lipinski definition) is 7. The van der Waals surface area contributed by atoms with Crippen LogP contribution < -0.4 is 0 Å². The molecule has 0 aliphatic rings. The lowest BCUT2D eigenvalue weighted by Crippen LogP contribution is -2.37. The molecule has 0 saturated carbocycles. The predicted molar refractivity (Wildman–Crippen MR) is 288 cm³/mol. The van der Waals surface area contributed by atoms with Crippen molar-refractivity contribution in [1.82, 2.24) is 0 Å². The van der Waals surface area contributed by atoms with E-state index in [9.17, 15) is 19.0 Å². The van der Waals surface area contributed by atoms with Crippen molar-refractivity contribution in [3.05, 3.63) is 122 Å². The zero-order valence-electron chi connectivity index (χ0n) is 43.5. The summed E-state index contributed by atoms with van der Waals surface area (Å²) in [5.74, 6) is -0.905. The van der Waals surface area contributed by atoms with Crippen molar-refractivity contribution in [3.8, 4) is 0 Å². The van der Waals surface area contributed by atoms with Crippen LogP contribution in [0.3, 0.4) is 0 Å². The fourth-order valence-corrected chi connectivity index (χ4v) is 7.24. The van der Waals surface area contributed by atoms with E-state index in [1.54, 1.807) is 0 Å². The van der Waals surface area contributed by atoms with Crippen LogP contribution in [0.15, 0.2) is 122 Å². The number of unbranched alkanes of at least 4 members (excludes halogenated alkanes) is 12. The summed E-state index contributed by atoms with van der Waals surface area (Å²) in [6.07, 6.45) is 68.6.